The monoisotopic (exact) mass is 393 g/mol. The number of fused-ring (bicyclic) bond motifs is 1. The highest BCUT2D eigenvalue weighted by molar-refractivity contribution is 6.04. The van der Waals surface area contributed by atoms with E-state index in [0.29, 0.717) is 5.69 Å². The van der Waals surface area contributed by atoms with E-state index in [1.807, 2.05) is 36.4 Å². The third-order valence-electron chi connectivity index (χ3n) is 5.44. The van der Waals surface area contributed by atoms with Crippen LogP contribution in [0.1, 0.15) is 21.6 Å². The quantitative estimate of drug-likeness (QED) is 0.613. The van der Waals surface area contributed by atoms with Crippen molar-refractivity contribution < 1.29 is 9.90 Å². The van der Waals surface area contributed by atoms with Gasteiger partial charge < -0.3 is 15.3 Å². The van der Waals surface area contributed by atoms with E-state index < -0.39 is 0 Å². The van der Waals surface area contributed by atoms with Crippen molar-refractivity contribution >= 4 is 16.8 Å². The van der Waals surface area contributed by atoms with Crippen LogP contribution in [0, 0.1) is 0 Å². The van der Waals surface area contributed by atoms with Crippen LogP contribution in [0.15, 0.2) is 48.5 Å². The Balaban J connectivity index is 1.44. The molecule has 0 radical (unpaired) electrons. The van der Waals surface area contributed by atoms with Gasteiger partial charge in [-0.3, -0.25) is 14.8 Å². The first kappa shape index (κ1) is 19.6. The molecule has 0 bridgehead atoms. The van der Waals surface area contributed by atoms with E-state index in [2.05, 4.69) is 44.5 Å². The molecule has 1 aliphatic heterocycles. The standard InChI is InChI=1S/C22H27N5O2/c1-26-10-11-27(12-16-6-8-17(15-28)9-7-16)14-18(13-26)23-22(29)21-19-4-2-3-5-20(19)24-25-21/h2-9,18,28H,10-15H2,1H3,(H,23,29)(H,24,25). The summed E-state index contributed by atoms with van der Waals surface area (Å²) in [6.45, 7) is 4.35. The average Bonchev–Trinajstić information content (AvgIpc) is 3.09. The number of hydrogen-bond acceptors (Lipinski definition) is 5. The lowest BCUT2D eigenvalue weighted by atomic mass is 10.1. The summed E-state index contributed by atoms with van der Waals surface area (Å²) in [4.78, 5) is 17.5. The smallest absolute Gasteiger partial charge is 0.272 e. The van der Waals surface area contributed by atoms with Gasteiger partial charge in [-0.15, -0.1) is 0 Å². The highest BCUT2D eigenvalue weighted by Crippen LogP contribution is 2.16. The summed E-state index contributed by atoms with van der Waals surface area (Å²) in [7, 11) is 2.09. The number of aromatic amines is 1. The second-order valence-corrected chi connectivity index (χ2v) is 7.76. The van der Waals surface area contributed by atoms with Gasteiger partial charge in [-0.05, 0) is 24.2 Å². The molecule has 0 aliphatic carbocycles. The van der Waals surface area contributed by atoms with Crippen molar-refractivity contribution in [1.29, 1.82) is 0 Å². The first-order chi connectivity index (χ1) is 14.1. The highest BCUT2D eigenvalue weighted by atomic mass is 16.3. The summed E-state index contributed by atoms with van der Waals surface area (Å²) in [5.41, 5.74) is 3.43. The van der Waals surface area contributed by atoms with E-state index in [1.165, 1.54) is 5.56 Å². The van der Waals surface area contributed by atoms with Crippen LogP contribution in [-0.2, 0) is 13.2 Å². The van der Waals surface area contributed by atoms with E-state index in [1.54, 1.807) is 0 Å². The fraction of sp³-hybridized carbons (Fsp3) is 0.364. The third kappa shape index (κ3) is 4.64. The summed E-state index contributed by atoms with van der Waals surface area (Å²) in [5, 5.41) is 20.4. The van der Waals surface area contributed by atoms with Crippen LogP contribution in [0.2, 0.25) is 0 Å². The maximum Gasteiger partial charge on any atom is 0.272 e. The number of aliphatic hydroxyl groups excluding tert-OH is 1. The second-order valence-electron chi connectivity index (χ2n) is 7.76. The summed E-state index contributed by atoms with van der Waals surface area (Å²) >= 11 is 0. The van der Waals surface area contributed by atoms with Crippen molar-refractivity contribution in [2.45, 2.75) is 19.2 Å². The van der Waals surface area contributed by atoms with E-state index >= 15 is 0 Å². The number of benzene rings is 2. The van der Waals surface area contributed by atoms with Crippen LogP contribution in [0.25, 0.3) is 10.9 Å². The van der Waals surface area contributed by atoms with Gasteiger partial charge in [-0.25, -0.2) is 0 Å². The largest absolute Gasteiger partial charge is 0.392 e. The lowest BCUT2D eigenvalue weighted by Gasteiger charge is -2.24. The molecule has 3 N–H and O–H groups in total. The molecule has 1 atom stereocenters. The van der Waals surface area contributed by atoms with Crippen molar-refractivity contribution in [3.63, 3.8) is 0 Å². The maximum atomic E-state index is 12.9. The molecular formula is C22H27N5O2. The van der Waals surface area contributed by atoms with Gasteiger partial charge in [0, 0.05) is 38.1 Å². The lowest BCUT2D eigenvalue weighted by Crippen LogP contribution is -2.46. The molecular weight excluding hydrogens is 366 g/mol. The van der Waals surface area contributed by atoms with Gasteiger partial charge in [0.25, 0.3) is 5.91 Å². The summed E-state index contributed by atoms with van der Waals surface area (Å²) < 4.78 is 0. The van der Waals surface area contributed by atoms with Crippen LogP contribution < -0.4 is 5.32 Å². The number of aliphatic hydroxyl groups is 1. The third-order valence-corrected chi connectivity index (χ3v) is 5.44. The van der Waals surface area contributed by atoms with Crippen molar-refractivity contribution in [2.75, 3.05) is 33.2 Å². The van der Waals surface area contributed by atoms with E-state index in [0.717, 1.165) is 49.2 Å². The number of nitrogens with zero attached hydrogens (tertiary/aromatic N) is 3. The predicted molar refractivity (Wildman–Crippen MR) is 112 cm³/mol. The molecule has 1 aliphatic rings. The lowest BCUT2D eigenvalue weighted by molar-refractivity contribution is 0.0920. The Bertz CT molecular complexity index is 969. The molecule has 29 heavy (non-hydrogen) atoms. The highest BCUT2D eigenvalue weighted by Gasteiger charge is 2.24. The summed E-state index contributed by atoms with van der Waals surface area (Å²) in [6, 6.07) is 15.7. The molecule has 4 rings (SSSR count). The summed E-state index contributed by atoms with van der Waals surface area (Å²) in [6.07, 6.45) is 0. The number of hydrogen-bond donors (Lipinski definition) is 3. The minimum absolute atomic E-state index is 0.0159. The molecule has 2 heterocycles. The first-order valence-corrected chi connectivity index (χ1v) is 9.96. The molecule has 1 saturated heterocycles. The number of nitrogens with one attached hydrogen (secondary N) is 2. The van der Waals surface area contributed by atoms with Gasteiger partial charge in [0.15, 0.2) is 5.69 Å². The Morgan fingerprint density at radius 1 is 1.14 bits per heavy atom. The van der Waals surface area contributed by atoms with Crippen LogP contribution in [0.4, 0.5) is 0 Å². The minimum atomic E-state index is -0.144. The van der Waals surface area contributed by atoms with Crippen molar-refractivity contribution in [3.8, 4) is 0 Å². The molecule has 152 valence electrons. The number of amides is 1. The molecule has 1 fully saturated rings. The molecule has 0 saturated carbocycles. The van der Waals surface area contributed by atoms with Crippen LogP contribution >= 0.6 is 0 Å². The Labute approximate surface area is 170 Å². The number of para-hydroxylation sites is 1. The minimum Gasteiger partial charge on any atom is -0.392 e. The number of carbonyl (C=O) groups excluding carboxylic acids is 1. The zero-order chi connectivity index (χ0) is 20.2. The maximum absolute atomic E-state index is 12.9. The number of aromatic nitrogens is 2. The SMILES string of the molecule is CN1CCN(Cc2ccc(CO)cc2)CC(NC(=O)c2n[nH]c3ccccc23)C1. The molecule has 3 aromatic rings. The molecule has 0 spiro atoms. The number of H-pyrrole nitrogens is 1. The van der Waals surface area contributed by atoms with E-state index in [-0.39, 0.29) is 18.6 Å². The van der Waals surface area contributed by atoms with Gasteiger partial charge in [-0.1, -0.05) is 42.5 Å². The zero-order valence-electron chi connectivity index (χ0n) is 16.6. The van der Waals surface area contributed by atoms with Gasteiger partial charge in [-0.2, -0.15) is 5.10 Å². The van der Waals surface area contributed by atoms with Gasteiger partial charge in [0.1, 0.15) is 0 Å². The van der Waals surface area contributed by atoms with Gasteiger partial charge in [0.05, 0.1) is 18.2 Å². The van der Waals surface area contributed by atoms with Gasteiger partial charge >= 0.3 is 0 Å². The Morgan fingerprint density at radius 3 is 2.69 bits per heavy atom. The Kier molecular flexibility index (Phi) is 5.89. The zero-order valence-corrected chi connectivity index (χ0v) is 16.6. The van der Waals surface area contributed by atoms with Crippen LogP contribution in [-0.4, -0.2) is 70.3 Å². The second kappa shape index (κ2) is 8.73. The molecule has 7 nitrogen and oxygen atoms in total. The molecule has 7 heteroatoms. The Morgan fingerprint density at radius 2 is 1.90 bits per heavy atom. The van der Waals surface area contributed by atoms with Crippen LogP contribution in [0.3, 0.4) is 0 Å². The van der Waals surface area contributed by atoms with E-state index in [9.17, 15) is 9.90 Å². The van der Waals surface area contributed by atoms with Crippen molar-refractivity contribution in [1.82, 2.24) is 25.3 Å². The van der Waals surface area contributed by atoms with Crippen LogP contribution in [0.5, 0.6) is 0 Å². The molecule has 1 aromatic heterocycles. The molecule has 1 amide bonds. The van der Waals surface area contributed by atoms with Crippen molar-refractivity contribution in [3.05, 3.63) is 65.4 Å². The fourth-order valence-corrected chi connectivity index (χ4v) is 3.87. The van der Waals surface area contributed by atoms with E-state index in [4.69, 9.17) is 0 Å². The fourth-order valence-electron chi connectivity index (χ4n) is 3.87. The average molecular weight is 393 g/mol. The first-order valence-electron chi connectivity index (χ1n) is 9.96. The Hall–Kier alpha value is -2.74. The summed E-state index contributed by atoms with van der Waals surface area (Å²) in [5.74, 6) is -0.144. The predicted octanol–water partition coefficient (Wildman–Crippen LogP) is 1.60. The number of rotatable bonds is 5. The van der Waals surface area contributed by atoms with Gasteiger partial charge in [0.2, 0.25) is 0 Å². The molecule has 1 unspecified atom stereocenters. The normalized spacial score (nSPS) is 18.6. The number of carbonyl (C=O) groups is 1. The molecule has 2 aromatic carbocycles. The number of likely N-dealkylation sites (N-methyl/N-ethyl adjacent to an activating group) is 1. The van der Waals surface area contributed by atoms with Crippen molar-refractivity contribution in [2.24, 2.45) is 0 Å². The topological polar surface area (TPSA) is 84.5 Å².